The van der Waals surface area contributed by atoms with Crippen LogP contribution in [-0.2, 0) is 4.79 Å². The predicted octanol–water partition coefficient (Wildman–Crippen LogP) is 2.59. The Morgan fingerprint density at radius 2 is 1.92 bits per heavy atom. The smallest absolute Gasteiger partial charge is 0.224 e. The van der Waals surface area contributed by atoms with Crippen molar-refractivity contribution in [2.45, 2.75) is 50.5 Å². The van der Waals surface area contributed by atoms with Gasteiger partial charge in [0.05, 0.1) is 0 Å². The van der Waals surface area contributed by atoms with Gasteiger partial charge in [0.1, 0.15) is 13.2 Å². The molecule has 2 fully saturated rings. The summed E-state index contributed by atoms with van der Waals surface area (Å²) in [6.45, 7) is 1.73. The molecule has 0 radical (unpaired) electrons. The Balaban J connectivity index is 1.36. The zero-order valence-corrected chi connectivity index (χ0v) is 14.7. The number of nitrogens with two attached hydrogens (primary N) is 1. The molecule has 0 spiro atoms. The Morgan fingerprint density at radius 1 is 1.16 bits per heavy atom. The molecular weight excluding hydrogens is 316 g/mol. The van der Waals surface area contributed by atoms with E-state index in [1.807, 2.05) is 12.1 Å². The lowest BCUT2D eigenvalue weighted by Crippen LogP contribution is -2.46. The molecule has 5 heteroatoms. The fraction of sp³-hybridized carbons (Fsp3) is 0.650. The first kappa shape index (κ1) is 16.7. The van der Waals surface area contributed by atoms with Crippen LogP contribution in [-0.4, -0.2) is 31.7 Å². The van der Waals surface area contributed by atoms with E-state index < -0.39 is 0 Å². The van der Waals surface area contributed by atoms with Crippen LogP contribution in [0.25, 0.3) is 0 Å². The van der Waals surface area contributed by atoms with Crippen molar-refractivity contribution in [3.8, 4) is 11.5 Å². The molecule has 1 aliphatic heterocycles. The summed E-state index contributed by atoms with van der Waals surface area (Å²) in [7, 11) is 0. The summed E-state index contributed by atoms with van der Waals surface area (Å²) in [5.74, 6) is 2.69. The maximum atomic E-state index is 12.7. The maximum Gasteiger partial charge on any atom is 0.224 e. The molecule has 2 aliphatic carbocycles. The zero-order chi connectivity index (χ0) is 17.2. The summed E-state index contributed by atoms with van der Waals surface area (Å²) in [4.78, 5) is 12.7. The van der Waals surface area contributed by atoms with Gasteiger partial charge in [0.25, 0.3) is 0 Å². The summed E-state index contributed by atoms with van der Waals surface area (Å²) in [6, 6.07) is 6.19. The number of fused-ring (bicyclic) bond motifs is 1. The Bertz CT molecular complexity index is 627. The van der Waals surface area contributed by atoms with Crippen LogP contribution in [0.15, 0.2) is 18.2 Å². The van der Waals surface area contributed by atoms with Gasteiger partial charge in [-0.3, -0.25) is 4.79 Å². The number of carbonyl (C=O) groups excluding carboxylic acids is 1. The fourth-order valence-electron chi connectivity index (χ4n) is 4.34. The largest absolute Gasteiger partial charge is 0.486 e. The summed E-state index contributed by atoms with van der Waals surface area (Å²) in [5.41, 5.74) is 7.12. The molecule has 0 bridgehead atoms. The van der Waals surface area contributed by atoms with Crippen LogP contribution < -0.4 is 20.5 Å². The Labute approximate surface area is 149 Å². The highest BCUT2D eigenvalue weighted by Gasteiger charge is 2.45. The van der Waals surface area contributed by atoms with Crippen molar-refractivity contribution in [2.75, 3.05) is 19.8 Å². The van der Waals surface area contributed by atoms with Gasteiger partial charge in [-0.05, 0) is 48.8 Å². The van der Waals surface area contributed by atoms with Crippen molar-refractivity contribution < 1.29 is 14.3 Å². The number of hydrogen-bond donors (Lipinski definition) is 2. The molecule has 3 N–H and O–H groups in total. The van der Waals surface area contributed by atoms with E-state index in [1.165, 1.54) is 37.7 Å². The van der Waals surface area contributed by atoms with Gasteiger partial charge in [-0.2, -0.15) is 0 Å². The van der Waals surface area contributed by atoms with Crippen LogP contribution in [0, 0.1) is 11.8 Å². The van der Waals surface area contributed by atoms with Crippen LogP contribution in [0.3, 0.4) is 0 Å². The van der Waals surface area contributed by atoms with Crippen molar-refractivity contribution >= 4 is 5.91 Å². The number of nitrogens with one attached hydrogen (secondary N) is 1. The average Bonchev–Trinajstić information content (AvgIpc) is 3.47. The van der Waals surface area contributed by atoms with Gasteiger partial charge >= 0.3 is 0 Å². The highest BCUT2D eigenvalue weighted by atomic mass is 16.6. The minimum absolute atomic E-state index is 0.0696. The minimum Gasteiger partial charge on any atom is -0.486 e. The number of benzene rings is 1. The number of amides is 1. The maximum absolute atomic E-state index is 12.7. The lowest BCUT2D eigenvalue weighted by atomic mass is 9.84. The first-order valence-electron chi connectivity index (χ1n) is 9.66. The first-order chi connectivity index (χ1) is 12.3. The Hall–Kier alpha value is -1.75. The molecule has 4 rings (SSSR count). The fourth-order valence-corrected chi connectivity index (χ4v) is 4.34. The Kier molecular flexibility index (Phi) is 4.84. The summed E-state index contributed by atoms with van der Waals surface area (Å²) < 4.78 is 11.2. The van der Waals surface area contributed by atoms with Gasteiger partial charge < -0.3 is 20.5 Å². The highest BCUT2D eigenvalue weighted by molar-refractivity contribution is 5.83. The van der Waals surface area contributed by atoms with E-state index in [1.54, 1.807) is 0 Å². The third-order valence-corrected chi connectivity index (χ3v) is 5.92. The average molecular weight is 344 g/mol. The van der Waals surface area contributed by atoms with E-state index in [-0.39, 0.29) is 17.9 Å². The second-order valence-electron chi connectivity index (χ2n) is 7.60. The van der Waals surface area contributed by atoms with E-state index in [9.17, 15) is 4.79 Å². The van der Waals surface area contributed by atoms with E-state index in [0.29, 0.717) is 31.6 Å². The van der Waals surface area contributed by atoms with Crippen LogP contribution in [0.1, 0.15) is 50.0 Å². The molecule has 1 amide bonds. The molecule has 2 saturated carbocycles. The second-order valence-corrected chi connectivity index (χ2v) is 7.60. The summed E-state index contributed by atoms with van der Waals surface area (Å²) in [6.07, 6.45) is 7.14. The van der Waals surface area contributed by atoms with E-state index in [4.69, 9.17) is 15.2 Å². The van der Waals surface area contributed by atoms with Crippen LogP contribution >= 0.6 is 0 Å². The van der Waals surface area contributed by atoms with Gasteiger partial charge in [-0.15, -0.1) is 0 Å². The third-order valence-electron chi connectivity index (χ3n) is 5.92. The molecule has 3 aliphatic rings. The lowest BCUT2D eigenvalue weighted by Gasteiger charge is -2.30. The van der Waals surface area contributed by atoms with Crippen LogP contribution in [0.2, 0.25) is 0 Å². The molecule has 3 atom stereocenters. The third kappa shape index (κ3) is 3.61. The Morgan fingerprint density at radius 3 is 2.68 bits per heavy atom. The number of rotatable bonds is 5. The van der Waals surface area contributed by atoms with Crippen molar-refractivity contribution in [1.82, 2.24) is 5.32 Å². The zero-order valence-electron chi connectivity index (χ0n) is 14.7. The predicted molar refractivity (Wildman–Crippen MR) is 95.8 cm³/mol. The molecule has 25 heavy (non-hydrogen) atoms. The van der Waals surface area contributed by atoms with Crippen molar-refractivity contribution in [3.63, 3.8) is 0 Å². The van der Waals surface area contributed by atoms with Gasteiger partial charge in [-0.25, -0.2) is 0 Å². The molecule has 1 aromatic rings. The number of ether oxygens (including phenoxy) is 2. The van der Waals surface area contributed by atoms with Gasteiger partial charge in [0.2, 0.25) is 5.91 Å². The van der Waals surface area contributed by atoms with E-state index >= 15 is 0 Å². The van der Waals surface area contributed by atoms with E-state index in [2.05, 4.69) is 11.4 Å². The molecule has 5 nitrogen and oxygen atoms in total. The SMILES string of the molecule is NCC(NC(=O)C1CC1c1ccc2c(c1)OCCO2)C1CCCCC1. The molecule has 1 aromatic carbocycles. The van der Waals surface area contributed by atoms with Crippen molar-refractivity contribution in [3.05, 3.63) is 23.8 Å². The molecule has 0 aromatic heterocycles. The normalized spacial score (nSPS) is 26.8. The minimum atomic E-state index is 0.0696. The van der Waals surface area contributed by atoms with E-state index in [0.717, 1.165) is 17.9 Å². The standard InChI is InChI=1S/C20H28N2O3/c21-12-17(13-4-2-1-3-5-13)22-20(23)16-11-15(16)14-6-7-18-19(10-14)25-9-8-24-18/h6-7,10,13,15-17H,1-5,8-9,11-12,21H2,(H,22,23). The van der Waals surface area contributed by atoms with Gasteiger partial charge in [0.15, 0.2) is 11.5 Å². The molecule has 136 valence electrons. The van der Waals surface area contributed by atoms with Gasteiger partial charge in [0, 0.05) is 18.5 Å². The number of hydrogen-bond acceptors (Lipinski definition) is 4. The summed E-state index contributed by atoms with van der Waals surface area (Å²) in [5, 5.41) is 3.24. The van der Waals surface area contributed by atoms with Crippen molar-refractivity contribution in [1.29, 1.82) is 0 Å². The molecule has 0 saturated heterocycles. The summed E-state index contributed by atoms with van der Waals surface area (Å²) >= 11 is 0. The van der Waals surface area contributed by atoms with Gasteiger partial charge in [-0.1, -0.05) is 25.3 Å². The second kappa shape index (κ2) is 7.24. The first-order valence-corrected chi connectivity index (χ1v) is 9.66. The van der Waals surface area contributed by atoms with Crippen LogP contribution in [0.5, 0.6) is 11.5 Å². The van der Waals surface area contributed by atoms with Crippen molar-refractivity contribution in [2.24, 2.45) is 17.6 Å². The highest BCUT2D eigenvalue weighted by Crippen LogP contribution is 2.49. The molecule has 1 heterocycles. The number of carbonyl (C=O) groups is 1. The molecule has 3 unspecified atom stereocenters. The molecular formula is C20H28N2O3. The topological polar surface area (TPSA) is 73.6 Å². The monoisotopic (exact) mass is 344 g/mol. The lowest BCUT2D eigenvalue weighted by molar-refractivity contribution is -0.123. The van der Waals surface area contributed by atoms with Crippen LogP contribution in [0.4, 0.5) is 0 Å². The quantitative estimate of drug-likeness (QED) is 0.861.